The Kier molecular flexibility index (Phi) is 12.0. The minimum Gasteiger partial charge on any atom is -0.464 e. The molecule has 5 nitrogen and oxygen atoms in total. The average Bonchev–Trinajstić information content (AvgIpc) is 2.51. The smallest absolute Gasteiger partial charge is 0.331 e. The third-order valence-corrected chi connectivity index (χ3v) is 26.5. The van der Waals surface area contributed by atoms with Crippen LogP contribution < -0.4 is 0 Å². The first-order valence-electron chi connectivity index (χ1n) is 10.2. The first-order chi connectivity index (χ1) is 12.3. The van der Waals surface area contributed by atoms with Gasteiger partial charge in [0.15, 0.2) is 16.6 Å². The van der Waals surface area contributed by atoms with Crippen molar-refractivity contribution in [3.8, 4) is 0 Å². The summed E-state index contributed by atoms with van der Waals surface area (Å²) in [4.78, 5) is 14.6. The maximum Gasteiger partial charge on any atom is 0.331 e. The van der Waals surface area contributed by atoms with Crippen molar-refractivity contribution in [3.63, 3.8) is 0 Å². The molecule has 0 aliphatic heterocycles. The van der Waals surface area contributed by atoms with Gasteiger partial charge in [-0.3, -0.25) is 0 Å². The Morgan fingerprint density at radius 2 is 1.22 bits per heavy atom. The number of carbonyl (C=O) groups excluding carboxylic acids is 1. The highest BCUT2D eigenvalue weighted by Gasteiger charge is 2.48. The van der Waals surface area contributed by atoms with Gasteiger partial charge in [-0.1, -0.05) is 26.6 Å². The fourth-order valence-corrected chi connectivity index (χ4v) is 27.5. The molecule has 0 saturated heterocycles. The van der Waals surface area contributed by atoms with Crippen molar-refractivity contribution < 1.29 is 21.9 Å². The first kappa shape index (κ1) is 27.6. The second-order valence-corrected chi connectivity index (χ2v) is 25.8. The lowest BCUT2D eigenvalue weighted by atomic mass is 10.5. The van der Waals surface area contributed by atoms with Crippen LogP contribution in [0.1, 0.15) is 13.3 Å². The van der Waals surface area contributed by atoms with Crippen LogP contribution in [0.5, 0.6) is 0 Å². The Morgan fingerprint density at radius 1 is 0.852 bits per heavy atom. The second-order valence-electron chi connectivity index (χ2n) is 8.20. The van der Waals surface area contributed by atoms with Gasteiger partial charge in [-0.05, 0) is 50.5 Å². The number of ether oxygens (including phenoxy) is 1. The maximum atomic E-state index is 13.4. The van der Waals surface area contributed by atoms with Gasteiger partial charge in [0.05, 0.1) is 16.0 Å². The molecule has 1 unspecified atom stereocenters. The van der Waals surface area contributed by atoms with Gasteiger partial charge in [-0.25, -0.2) is 4.79 Å². The van der Waals surface area contributed by atoms with E-state index in [2.05, 4.69) is 65.8 Å². The Hall–Kier alpha value is 0.608. The van der Waals surface area contributed by atoms with E-state index in [1.807, 2.05) is 0 Å². The van der Waals surface area contributed by atoms with Gasteiger partial charge in [-0.2, -0.15) is 0 Å². The molecule has 0 amide bonds. The van der Waals surface area contributed by atoms with Crippen LogP contribution in [0.4, 0.5) is 0 Å². The molecular weight excluding hydrogens is 457 g/mol. The molecular formula is C15H42O5Si7. The molecule has 0 radical (unpaired) electrons. The number of hydrogen-bond donors (Lipinski definition) is 0. The van der Waals surface area contributed by atoms with E-state index in [0.29, 0.717) is 0 Å². The van der Waals surface area contributed by atoms with E-state index in [0.717, 1.165) is 21.9 Å². The van der Waals surface area contributed by atoms with E-state index in [1.165, 1.54) is 4.82 Å². The van der Waals surface area contributed by atoms with Crippen molar-refractivity contribution >= 4 is 70.5 Å². The summed E-state index contributed by atoms with van der Waals surface area (Å²) in [5.41, 5.74) is 0.0370. The van der Waals surface area contributed by atoms with Gasteiger partial charge in [-0.15, -0.1) is 0 Å². The molecule has 0 bridgehead atoms. The van der Waals surface area contributed by atoms with Crippen molar-refractivity contribution in [2.45, 2.75) is 78.0 Å². The SMILES string of the molecule is CCC([SiH3])OC(=O)C(=C([Si](C)(C)O[SiH2]C)[Si](C)(C)O[SiH2]C)[Si](C)(C)O[SiH2]C. The number of carbonyl (C=O) groups is 1. The highest BCUT2D eigenvalue weighted by Crippen LogP contribution is 2.35. The molecule has 0 aromatic heterocycles. The van der Waals surface area contributed by atoms with E-state index in [-0.39, 0.29) is 11.7 Å². The molecule has 1 atom stereocenters. The summed E-state index contributed by atoms with van der Waals surface area (Å²) in [5.74, 6) is -0.158. The molecule has 27 heavy (non-hydrogen) atoms. The first-order valence-corrected chi connectivity index (χ1v) is 26.0. The van der Waals surface area contributed by atoms with Gasteiger partial charge >= 0.3 is 5.97 Å². The van der Waals surface area contributed by atoms with Crippen molar-refractivity contribution in [2.75, 3.05) is 0 Å². The zero-order valence-corrected chi connectivity index (χ0v) is 28.7. The Bertz CT molecular complexity index is 503. The molecule has 0 heterocycles. The number of rotatable bonds is 12. The largest absolute Gasteiger partial charge is 0.464 e. The van der Waals surface area contributed by atoms with Crippen molar-refractivity contribution in [1.82, 2.24) is 0 Å². The third-order valence-electron chi connectivity index (χ3n) is 4.66. The van der Waals surface area contributed by atoms with Crippen LogP contribution in [0, 0.1) is 0 Å². The Balaban J connectivity index is 6.82. The van der Waals surface area contributed by atoms with E-state index in [9.17, 15) is 4.79 Å². The monoisotopic (exact) mass is 498 g/mol. The highest BCUT2D eigenvalue weighted by molar-refractivity contribution is 7.05. The van der Waals surface area contributed by atoms with E-state index < -0.39 is 54.2 Å². The van der Waals surface area contributed by atoms with Gasteiger partial charge in [0, 0.05) is 5.20 Å². The molecule has 0 N–H and O–H groups in total. The average molecular weight is 499 g/mol. The summed E-state index contributed by atoms with van der Waals surface area (Å²) in [5, 5.41) is 0.837. The van der Waals surface area contributed by atoms with Crippen LogP contribution >= 0.6 is 0 Å². The topological polar surface area (TPSA) is 54.0 Å². The summed E-state index contributed by atoms with van der Waals surface area (Å²) in [6.07, 6.45) is 0.865. The van der Waals surface area contributed by atoms with Crippen molar-refractivity contribution in [2.24, 2.45) is 0 Å². The van der Waals surface area contributed by atoms with Crippen LogP contribution in [-0.2, 0) is 21.9 Å². The fourth-order valence-electron chi connectivity index (χ4n) is 3.60. The number of esters is 1. The summed E-state index contributed by atoms with van der Waals surface area (Å²) in [7, 11) is -7.90. The predicted octanol–water partition coefficient (Wildman–Crippen LogP) is 0.606. The molecule has 0 aliphatic carbocycles. The van der Waals surface area contributed by atoms with Crippen molar-refractivity contribution in [1.29, 1.82) is 0 Å². The standard InChI is InChI=1S/C15H42O5Si7/c1-11-12(21)17-14(16)13(25(5,6)18-22-2)15(26(7,8)19-23-3)27(9,10)20-24-4/h12H,11,22-24H2,1-10,21H3. The molecule has 0 rings (SSSR count). The molecule has 0 aliphatic rings. The molecule has 12 heteroatoms. The normalized spacial score (nSPS) is 15.5. The number of hydrogen-bond acceptors (Lipinski definition) is 5. The quantitative estimate of drug-likeness (QED) is 0.224. The fraction of sp³-hybridized carbons (Fsp3) is 0.800. The lowest BCUT2D eigenvalue weighted by molar-refractivity contribution is -0.140. The second kappa shape index (κ2) is 11.7. The van der Waals surface area contributed by atoms with Gasteiger partial charge < -0.3 is 17.1 Å². The summed E-state index contributed by atoms with van der Waals surface area (Å²) < 4.78 is 25.1. The van der Waals surface area contributed by atoms with Gasteiger partial charge in [0.25, 0.3) is 0 Å². The highest BCUT2D eigenvalue weighted by atomic mass is 28.4. The van der Waals surface area contributed by atoms with Crippen LogP contribution in [0.3, 0.4) is 0 Å². The molecule has 0 spiro atoms. The molecule has 0 fully saturated rings. The summed E-state index contributed by atoms with van der Waals surface area (Å²) >= 11 is 0. The zero-order chi connectivity index (χ0) is 21.5. The van der Waals surface area contributed by atoms with Gasteiger partial charge in [0.1, 0.15) is 29.3 Å². The lowest BCUT2D eigenvalue weighted by Crippen LogP contribution is -2.54. The Labute approximate surface area is 180 Å². The molecule has 160 valence electrons. The third kappa shape index (κ3) is 8.10. The van der Waals surface area contributed by atoms with Crippen LogP contribution in [0.25, 0.3) is 0 Å². The van der Waals surface area contributed by atoms with E-state index in [4.69, 9.17) is 17.1 Å². The zero-order valence-electron chi connectivity index (χ0n) is 19.4. The van der Waals surface area contributed by atoms with E-state index in [1.54, 1.807) is 0 Å². The molecule has 0 aromatic carbocycles. The van der Waals surface area contributed by atoms with Crippen LogP contribution in [0.15, 0.2) is 10.0 Å². The minimum absolute atomic E-state index is 0.0370. The van der Waals surface area contributed by atoms with Crippen molar-refractivity contribution in [3.05, 3.63) is 10.0 Å². The lowest BCUT2D eigenvalue weighted by Gasteiger charge is -2.40. The molecule has 0 aromatic rings. The van der Waals surface area contributed by atoms with E-state index >= 15 is 0 Å². The summed E-state index contributed by atoms with van der Waals surface area (Å²) in [6, 6.07) is 0. The minimum atomic E-state index is -2.39. The van der Waals surface area contributed by atoms with Gasteiger partial charge in [0.2, 0.25) is 8.32 Å². The predicted molar refractivity (Wildman–Crippen MR) is 136 cm³/mol. The maximum absolute atomic E-state index is 13.4. The summed E-state index contributed by atoms with van der Waals surface area (Å²) in [6.45, 7) is 21.7. The molecule has 0 saturated carbocycles. The van der Waals surface area contributed by atoms with Crippen LogP contribution in [0.2, 0.25) is 58.9 Å². The van der Waals surface area contributed by atoms with Crippen LogP contribution in [-0.4, -0.2) is 76.2 Å². The Morgan fingerprint density at radius 3 is 1.56 bits per heavy atom.